The molecule has 3 aromatic rings. The van der Waals surface area contributed by atoms with Crippen LogP contribution in [0.25, 0.3) is 17.4 Å². The molecule has 0 spiro atoms. The quantitative estimate of drug-likeness (QED) is 0.345. The number of rotatable bonds is 3. The first-order chi connectivity index (χ1) is 13.1. The van der Waals surface area contributed by atoms with E-state index in [2.05, 4.69) is 32.9 Å². The van der Waals surface area contributed by atoms with Gasteiger partial charge in [0.25, 0.3) is 5.91 Å². The molecule has 1 aliphatic heterocycles. The second-order valence-corrected chi connectivity index (χ2v) is 8.39. The highest BCUT2D eigenvalue weighted by Crippen LogP contribution is 2.30. The van der Waals surface area contributed by atoms with Crippen molar-refractivity contribution < 1.29 is 9.21 Å². The summed E-state index contributed by atoms with van der Waals surface area (Å²) >= 11 is 9.54. The molecule has 0 aliphatic carbocycles. The molecule has 1 fully saturated rings. The van der Waals surface area contributed by atoms with E-state index in [1.54, 1.807) is 6.08 Å². The predicted octanol–water partition coefficient (Wildman–Crippen LogP) is 6.10. The summed E-state index contributed by atoms with van der Waals surface area (Å²) < 4.78 is 6.92. The van der Waals surface area contributed by atoms with Crippen molar-refractivity contribution in [3.05, 3.63) is 79.9 Å². The smallest absolute Gasteiger partial charge is 0.264 e. The van der Waals surface area contributed by atoms with Crippen LogP contribution in [0.5, 0.6) is 0 Å². The zero-order valence-corrected chi connectivity index (χ0v) is 17.5. The van der Waals surface area contributed by atoms with Gasteiger partial charge in [0.15, 0.2) is 5.17 Å². The molecular formula is C20H12ClIN2O2S. The minimum atomic E-state index is -0.190. The summed E-state index contributed by atoms with van der Waals surface area (Å²) in [4.78, 5) is 17.2. The molecule has 1 amide bonds. The third-order valence-corrected chi connectivity index (χ3v) is 5.51. The Balaban J connectivity index is 1.55. The normalized spacial score (nSPS) is 16.9. The van der Waals surface area contributed by atoms with Gasteiger partial charge in [-0.05, 0) is 76.8 Å². The van der Waals surface area contributed by atoms with E-state index in [1.807, 2.05) is 60.7 Å². The number of thioether (sulfide) groups is 1. The van der Waals surface area contributed by atoms with E-state index in [9.17, 15) is 4.79 Å². The van der Waals surface area contributed by atoms with E-state index in [-0.39, 0.29) is 5.91 Å². The van der Waals surface area contributed by atoms with Gasteiger partial charge < -0.3 is 9.73 Å². The van der Waals surface area contributed by atoms with Crippen molar-refractivity contribution in [3.8, 4) is 11.3 Å². The molecule has 4 rings (SSSR count). The highest BCUT2D eigenvalue weighted by Gasteiger charge is 2.24. The van der Waals surface area contributed by atoms with Crippen LogP contribution in [-0.4, -0.2) is 11.1 Å². The van der Waals surface area contributed by atoms with Gasteiger partial charge in [-0.15, -0.1) is 0 Å². The standard InChI is InChI=1S/C20H12ClIN2O2S/c21-13-4-1-3-12(9-13)17-8-7-16(26-17)11-18-19(25)24-20(27-18)23-15-6-2-5-14(22)10-15/h1-11H,(H,23,24,25)/b18-11+. The number of amidine groups is 1. The molecule has 0 saturated carbocycles. The van der Waals surface area contributed by atoms with Crippen LogP contribution >= 0.6 is 46.0 Å². The topological polar surface area (TPSA) is 54.6 Å². The first kappa shape index (κ1) is 18.3. The maximum atomic E-state index is 12.2. The number of amides is 1. The molecule has 0 atom stereocenters. The van der Waals surface area contributed by atoms with Crippen LogP contribution in [0, 0.1) is 3.57 Å². The Labute approximate surface area is 178 Å². The molecule has 1 aromatic heterocycles. The number of halogens is 2. The van der Waals surface area contributed by atoms with E-state index >= 15 is 0 Å². The summed E-state index contributed by atoms with van der Waals surface area (Å²) in [5.41, 5.74) is 1.68. The van der Waals surface area contributed by atoms with E-state index in [0.29, 0.717) is 26.6 Å². The van der Waals surface area contributed by atoms with Gasteiger partial charge >= 0.3 is 0 Å². The molecule has 0 unspecified atom stereocenters. The number of hydrogen-bond acceptors (Lipinski definition) is 4. The zero-order chi connectivity index (χ0) is 18.8. The summed E-state index contributed by atoms with van der Waals surface area (Å²) in [7, 11) is 0. The van der Waals surface area contributed by atoms with Gasteiger partial charge in [0.2, 0.25) is 0 Å². The fourth-order valence-corrected chi connectivity index (χ4v) is 4.04. The Kier molecular flexibility index (Phi) is 5.38. The molecule has 1 N–H and O–H groups in total. The predicted molar refractivity (Wildman–Crippen MR) is 119 cm³/mol. The molecule has 4 nitrogen and oxygen atoms in total. The molecular weight excluding hydrogens is 495 g/mol. The lowest BCUT2D eigenvalue weighted by Gasteiger charge is -1.97. The molecule has 7 heteroatoms. The van der Waals surface area contributed by atoms with Crippen molar-refractivity contribution in [2.24, 2.45) is 4.99 Å². The molecule has 27 heavy (non-hydrogen) atoms. The van der Waals surface area contributed by atoms with Crippen molar-refractivity contribution in [1.82, 2.24) is 5.32 Å². The minimum Gasteiger partial charge on any atom is -0.457 e. The van der Waals surface area contributed by atoms with Crippen LogP contribution in [0.4, 0.5) is 5.69 Å². The van der Waals surface area contributed by atoms with Crippen LogP contribution in [0.1, 0.15) is 5.76 Å². The van der Waals surface area contributed by atoms with Crippen molar-refractivity contribution in [3.63, 3.8) is 0 Å². The van der Waals surface area contributed by atoms with E-state index in [1.165, 1.54) is 11.8 Å². The monoisotopic (exact) mass is 506 g/mol. The van der Waals surface area contributed by atoms with Gasteiger partial charge in [-0.25, -0.2) is 4.99 Å². The van der Waals surface area contributed by atoms with Crippen LogP contribution in [-0.2, 0) is 4.79 Å². The molecule has 2 heterocycles. The number of hydrogen-bond donors (Lipinski definition) is 1. The maximum absolute atomic E-state index is 12.2. The SMILES string of the molecule is O=C1NC(=Nc2cccc(I)c2)S/C1=C/c1ccc(-c2cccc(Cl)c2)o1. The summed E-state index contributed by atoms with van der Waals surface area (Å²) in [5.74, 6) is 1.10. The van der Waals surface area contributed by atoms with Crippen LogP contribution in [0.15, 0.2) is 75.0 Å². The van der Waals surface area contributed by atoms with Crippen molar-refractivity contribution >= 4 is 68.8 Å². The van der Waals surface area contributed by atoms with Gasteiger partial charge in [0, 0.05) is 20.2 Å². The molecule has 1 saturated heterocycles. The lowest BCUT2D eigenvalue weighted by atomic mass is 10.2. The number of benzene rings is 2. The van der Waals surface area contributed by atoms with Gasteiger partial charge in [-0.1, -0.05) is 29.8 Å². The second kappa shape index (κ2) is 7.92. The van der Waals surface area contributed by atoms with Gasteiger partial charge in [-0.2, -0.15) is 0 Å². The number of furan rings is 1. The van der Waals surface area contributed by atoms with E-state index < -0.39 is 0 Å². The minimum absolute atomic E-state index is 0.190. The third kappa shape index (κ3) is 4.45. The van der Waals surface area contributed by atoms with Crippen molar-refractivity contribution in [2.75, 3.05) is 0 Å². The highest BCUT2D eigenvalue weighted by molar-refractivity contribution is 14.1. The molecule has 134 valence electrons. The Morgan fingerprint density at radius 3 is 2.78 bits per heavy atom. The summed E-state index contributed by atoms with van der Waals surface area (Å²) in [6.07, 6.45) is 1.71. The zero-order valence-electron chi connectivity index (χ0n) is 13.8. The summed E-state index contributed by atoms with van der Waals surface area (Å²) in [5, 5.41) is 3.98. The Morgan fingerprint density at radius 1 is 1.11 bits per heavy atom. The first-order valence-corrected chi connectivity index (χ1v) is 10.2. The molecule has 1 aliphatic rings. The molecule has 0 radical (unpaired) electrons. The van der Waals surface area contributed by atoms with Gasteiger partial charge in [0.05, 0.1) is 10.6 Å². The van der Waals surface area contributed by atoms with Gasteiger partial charge in [0.1, 0.15) is 11.5 Å². The number of aliphatic imine (C=N–C) groups is 1. The first-order valence-electron chi connectivity index (χ1n) is 7.98. The second-order valence-electron chi connectivity index (χ2n) is 5.67. The van der Waals surface area contributed by atoms with Crippen molar-refractivity contribution in [1.29, 1.82) is 0 Å². The third-order valence-electron chi connectivity index (χ3n) is 3.70. The van der Waals surface area contributed by atoms with E-state index in [4.69, 9.17) is 16.0 Å². The Hall–Kier alpha value is -2.03. The number of carbonyl (C=O) groups excluding carboxylic acids is 1. The average Bonchev–Trinajstić information content (AvgIpc) is 3.22. The average molecular weight is 507 g/mol. The molecule has 2 aromatic carbocycles. The van der Waals surface area contributed by atoms with E-state index in [0.717, 1.165) is 14.8 Å². The largest absolute Gasteiger partial charge is 0.457 e. The lowest BCUT2D eigenvalue weighted by Crippen LogP contribution is -2.19. The van der Waals surface area contributed by atoms with Crippen molar-refractivity contribution in [2.45, 2.75) is 0 Å². The van der Waals surface area contributed by atoms with Crippen LogP contribution in [0.3, 0.4) is 0 Å². The van der Waals surface area contributed by atoms with Gasteiger partial charge in [-0.3, -0.25) is 4.79 Å². The highest BCUT2D eigenvalue weighted by atomic mass is 127. The maximum Gasteiger partial charge on any atom is 0.264 e. The fraction of sp³-hybridized carbons (Fsp3) is 0. The fourth-order valence-electron chi connectivity index (χ4n) is 2.50. The lowest BCUT2D eigenvalue weighted by molar-refractivity contribution is -0.115. The Morgan fingerprint density at radius 2 is 1.96 bits per heavy atom. The number of nitrogens with one attached hydrogen (secondary N) is 1. The van der Waals surface area contributed by atoms with Crippen LogP contribution in [0.2, 0.25) is 5.02 Å². The number of nitrogens with zero attached hydrogens (tertiary/aromatic N) is 1. The summed E-state index contributed by atoms with van der Waals surface area (Å²) in [6.45, 7) is 0. The molecule has 0 bridgehead atoms. The summed E-state index contributed by atoms with van der Waals surface area (Å²) in [6, 6.07) is 18.9. The Bertz CT molecular complexity index is 1090. The van der Waals surface area contributed by atoms with Crippen LogP contribution < -0.4 is 5.32 Å². The number of carbonyl (C=O) groups is 1.